The van der Waals surface area contributed by atoms with E-state index in [9.17, 15) is 14.1 Å². The Morgan fingerprint density at radius 1 is 1.28 bits per heavy atom. The number of fused-ring (bicyclic) bond motifs is 1. The number of rotatable bonds is 5. The van der Waals surface area contributed by atoms with E-state index in [0.717, 1.165) is 4.70 Å². The lowest BCUT2D eigenvalue weighted by molar-refractivity contribution is -0.136. The molecule has 1 N–H and O–H groups in total. The number of nitrogens with zero attached hydrogens (tertiary/aromatic N) is 2. The van der Waals surface area contributed by atoms with Gasteiger partial charge in [0.15, 0.2) is 4.90 Å². The number of aliphatic carboxylic acids is 1. The summed E-state index contributed by atoms with van der Waals surface area (Å²) >= 11 is 0.0600. The third kappa shape index (κ3) is 4.04. The first-order valence-corrected chi connectivity index (χ1v) is 9.78. The summed E-state index contributed by atoms with van der Waals surface area (Å²) in [6.07, 6.45) is 1.68. The van der Waals surface area contributed by atoms with Crippen molar-refractivity contribution in [2.24, 2.45) is 0 Å². The molecule has 6 nitrogen and oxygen atoms in total. The van der Waals surface area contributed by atoms with Crippen LogP contribution in [-0.2, 0) is 22.4 Å². The maximum atomic E-state index is 12.2. The summed E-state index contributed by atoms with van der Waals surface area (Å²) in [5, 5.41) is 9.82. The van der Waals surface area contributed by atoms with Gasteiger partial charge in [-0.05, 0) is 23.3 Å². The molecule has 0 saturated carbocycles. The van der Waals surface area contributed by atoms with Crippen LogP contribution < -0.4 is 5.56 Å². The molecule has 0 fully saturated rings. The van der Waals surface area contributed by atoms with Gasteiger partial charge in [-0.1, -0.05) is 12.1 Å². The van der Waals surface area contributed by atoms with Gasteiger partial charge >= 0.3 is 5.97 Å². The lowest BCUT2D eigenvalue weighted by Gasteiger charge is -2.09. The highest BCUT2D eigenvalue weighted by atomic mass is 32.2. The number of pyridine rings is 1. The number of aryl methyl sites for hydroxylation is 1. The van der Waals surface area contributed by atoms with Crippen LogP contribution in [0.15, 0.2) is 46.1 Å². The van der Waals surface area contributed by atoms with E-state index < -0.39 is 17.1 Å². The van der Waals surface area contributed by atoms with Gasteiger partial charge in [0.25, 0.3) is 5.56 Å². The largest absolute Gasteiger partial charge is 0.612 e. The summed E-state index contributed by atoms with van der Waals surface area (Å²) in [5.74, 6) is -0.931. The maximum Gasteiger partial charge on any atom is 0.303 e. The van der Waals surface area contributed by atoms with Crippen LogP contribution in [0.5, 0.6) is 0 Å². The van der Waals surface area contributed by atoms with Crippen molar-refractivity contribution in [2.45, 2.75) is 17.7 Å². The highest BCUT2D eigenvalue weighted by Crippen LogP contribution is 2.27. The quantitative estimate of drug-likeness (QED) is 0.688. The van der Waals surface area contributed by atoms with E-state index >= 15 is 0 Å². The van der Waals surface area contributed by atoms with Gasteiger partial charge in [0.05, 0.1) is 11.8 Å². The number of hydrogen-bond donors (Lipinski definition) is 1. The van der Waals surface area contributed by atoms with Crippen molar-refractivity contribution in [1.29, 1.82) is 0 Å². The van der Waals surface area contributed by atoms with Crippen LogP contribution in [0.4, 0.5) is 0 Å². The summed E-state index contributed by atoms with van der Waals surface area (Å²) in [6, 6.07) is 10.4. The molecule has 1 aromatic carbocycles. The van der Waals surface area contributed by atoms with Crippen LogP contribution in [0.1, 0.15) is 12.1 Å². The van der Waals surface area contributed by atoms with Gasteiger partial charge in [-0.3, -0.25) is 9.59 Å². The van der Waals surface area contributed by atoms with Gasteiger partial charge in [-0.15, -0.1) is 11.3 Å². The Bertz CT molecular complexity index is 1000. The van der Waals surface area contributed by atoms with Crippen LogP contribution in [0.2, 0.25) is 0 Å². The van der Waals surface area contributed by atoms with Crippen molar-refractivity contribution in [1.82, 2.24) is 9.97 Å². The fourth-order valence-electron chi connectivity index (χ4n) is 2.32. The maximum absolute atomic E-state index is 12.2. The fraction of sp³-hybridized carbons (Fsp3) is 0.176. The highest BCUT2D eigenvalue weighted by Gasteiger charge is 2.15. The molecule has 0 radical (unpaired) electrons. The molecular weight excluding hydrogens is 360 g/mol. The molecule has 3 aromatic rings. The average molecular weight is 374 g/mol. The minimum Gasteiger partial charge on any atom is -0.612 e. The van der Waals surface area contributed by atoms with Gasteiger partial charge < -0.3 is 9.66 Å². The molecular formula is C17H14N2O4S2. The molecule has 0 bridgehead atoms. The summed E-state index contributed by atoms with van der Waals surface area (Å²) < 4.78 is 12.7. The minimum atomic E-state index is -1.26. The number of benzene rings is 1. The zero-order valence-electron chi connectivity index (χ0n) is 13.3. The SMILES string of the molecule is C[S+]([O-])c1cc(CCC(=O)O)nc(-c2nc(=O)c3ccccc3s2)c1. The molecule has 0 aliphatic rings. The molecule has 0 spiro atoms. The Hall–Kier alpha value is -2.29. The first-order valence-electron chi connectivity index (χ1n) is 7.40. The molecule has 25 heavy (non-hydrogen) atoms. The zero-order chi connectivity index (χ0) is 18.0. The van der Waals surface area contributed by atoms with E-state index in [1.165, 1.54) is 17.6 Å². The lowest BCUT2D eigenvalue weighted by atomic mass is 10.2. The molecule has 1 unspecified atom stereocenters. The standard InChI is InChI=1S/C17H14N2O4S2/c1-25(23)11-8-10(6-7-15(20)21)18-13(9-11)17-19-16(22)12-4-2-3-5-14(12)24-17/h2-5,8-9H,6-7H2,1H3,(H,20,21). The van der Waals surface area contributed by atoms with Crippen LogP contribution in [-0.4, -0.2) is 31.9 Å². The molecule has 1 atom stereocenters. The first kappa shape index (κ1) is 17.5. The number of carboxylic acid groups (broad SMARTS) is 1. The molecule has 128 valence electrons. The second kappa shape index (κ2) is 7.30. The van der Waals surface area contributed by atoms with Gasteiger partial charge in [0.2, 0.25) is 0 Å². The first-order chi connectivity index (χ1) is 11.9. The third-order valence-electron chi connectivity index (χ3n) is 3.53. The normalized spacial score (nSPS) is 12.2. The smallest absolute Gasteiger partial charge is 0.303 e. The predicted molar refractivity (Wildman–Crippen MR) is 97.4 cm³/mol. The van der Waals surface area contributed by atoms with E-state index in [2.05, 4.69) is 9.97 Å². The molecule has 3 rings (SSSR count). The number of carboxylic acids is 1. The van der Waals surface area contributed by atoms with Crippen molar-refractivity contribution in [3.05, 3.63) is 52.4 Å². The monoisotopic (exact) mass is 374 g/mol. The molecule has 2 heterocycles. The van der Waals surface area contributed by atoms with E-state index in [1.807, 2.05) is 12.1 Å². The summed E-state index contributed by atoms with van der Waals surface area (Å²) in [4.78, 5) is 32.1. The number of carbonyl (C=O) groups is 1. The van der Waals surface area contributed by atoms with E-state index in [1.54, 1.807) is 24.3 Å². The Labute approximate surface area is 150 Å². The van der Waals surface area contributed by atoms with Crippen molar-refractivity contribution >= 4 is 38.6 Å². The van der Waals surface area contributed by atoms with E-state index in [4.69, 9.17) is 5.11 Å². The van der Waals surface area contributed by atoms with Gasteiger partial charge in [0, 0.05) is 28.9 Å². The van der Waals surface area contributed by atoms with Gasteiger partial charge in [-0.2, -0.15) is 4.98 Å². The van der Waals surface area contributed by atoms with Crippen molar-refractivity contribution in [2.75, 3.05) is 6.26 Å². The Morgan fingerprint density at radius 3 is 2.76 bits per heavy atom. The summed E-state index contributed by atoms with van der Waals surface area (Å²) in [5.41, 5.74) is 0.599. The Morgan fingerprint density at radius 2 is 2.04 bits per heavy atom. The van der Waals surface area contributed by atoms with Crippen LogP contribution in [0.3, 0.4) is 0 Å². The van der Waals surface area contributed by atoms with Gasteiger partial charge in [-0.25, -0.2) is 4.98 Å². The number of hydrogen-bond acceptors (Lipinski definition) is 6. The predicted octanol–water partition coefficient (Wildman–Crippen LogP) is 2.47. The topological polar surface area (TPSA) is 103 Å². The van der Waals surface area contributed by atoms with Crippen LogP contribution in [0.25, 0.3) is 20.8 Å². The van der Waals surface area contributed by atoms with Crippen molar-refractivity contribution < 1.29 is 14.5 Å². The molecule has 0 saturated heterocycles. The van der Waals surface area contributed by atoms with Crippen LogP contribution >= 0.6 is 11.3 Å². The lowest BCUT2D eigenvalue weighted by Crippen LogP contribution is -2.08. The fourth-order valence-corrected chi connectivity index (χ4v) is 3.86. The molecule has 2 aromatic heterocycles. The zero-order valence-corrected chi connectivity index (χ0v) is 14.9. The van der Waals surface area contributed by atoms with Crippen molar-refractivity contribution in [3.8, 4) is 10.7 Å². The summed E-state index contributed by atoms with van der Waals surface area (Å²) in [7, 11) is 0. The summed E-state index contributed by atoms with van der Waals surface area (Å²) in [6.45, 7) is 0. The average Bonchev–Trinajstić information content (AvgIpc) is 2.59. The van der Waals surface area contributed by atoms with E-state index in [0.29, 0.717) is 26.7 Å². The highest BCUT2D eigenvalue weighted by molar-refractivity contribution is 7.90. The van der Waals surface area contributed by atoms with Crippen LogP contribution in [0, 0.1) is 0 Å². The Balaban J connectivity index is 2.12. The third-order valence-corrected chi connectivity index (χ3v) is 5.49. The minimum absolute atomic E-state index is 0.0758. The molecule has 0 aliphatic heterocycles. The molecule has 8 heteroatoms. The molecule has 0 amide bonds. The second-order valence-corrected chi connectivity index (χ2v) is 7.76. The number of aromatic nitrogens is 2. The van der Waals surface area contributed by atoms with Gasteiger partial charge in [0.1, 0.15) is 17.0 Å². The second-order valence-electron chi connectivity index (χ2n) is 5.35. The molecule has 0 aliphatic carbocycles. The van der Waals surface area contributed by atoms with Crippen molar-refractivity contribution in [3.63, 3.8) is 0 Å². The van der Waals surface area contributed by atoms with E-state index in [-0.39, 0.29) is 18.4 Å². The Kier molecular flexibility index (Phi) is 5.12.